The first-order chi connectivity index (χ1) is 9.06. The number of aryl methyl sites for hydroxylation is 3. The van der Waals surface area contributed by atoms with Gasteiger partial charge in [0, 0.05) is 19.3 Å². The minimum atomic E-state index is -0.143. The van der Waals surface area contributed by atoms with Gasteiger partial charge in [-0.3, -0.25) is 14.2 Å². The first-order valence-electron chi connectivity index (χ1n) is 6.44. The van der Waals surface area contributed by atoms with Crippen molar-refractivity contribution in [2.24, 2.45) is 0 Å². The van der Waals surface area contributed by atoms with Gasteiger partial charge in [-0.05, 0) is 27.7 Å². The third kappa shape index (κ3) is 2.52. The Kier molecular flexibility index (Phi) is 3.69. The summed E-state index contributed by atoms with van der Waals surface area (Å²) in [5.41, 5.74) is 3.04. The molecule has 2 aromatic rings. The third-order valence-corrected chi connectivity index (χ3v) is 3.17. The molecule has 0 atom stereocenters. The van der Waals surface area contributed by atoms with Gasteiger partial charge in [0.15, 0.2) is 0 Å². The molecule has 1 N–H and O–H groups in total. The lowest BCUT2D eigenvalue weighted by Crippen LogP contribution is -2.13. The topological polar surface area (TPSA) is 64.7 Å². The number of hydrogen-bond donors (Lipinski definition) is 1. The van der Waals surface area contributed by atoms with Gasteiger partial charge in [-0.1, -0.05) is 0 Å². The van der Waals surface area contributed by atoms with Gasteiger partial charge in [0.2, 0.25) is 0 Å². The molecule has 0 bridgehead atoms. The van der Waals surface area contributed by atoms with Crippen LogP contribution in [0.2, 0.25) is 0 Å². The van der Waals surface area contributed by atoms with Crippen molar-refractivity contribution in [3.8, 4) is 0 Å². The van der Waals surface area contributed by atoms with Crippen LogP contribution in [0.3, 0.4) is 0 Å². The van der Waals surface area contributed by atoms with E-state index in [-0.39, 0.29) is 5.91 Å². The lowest BCUT2D eigenvalue weighted by Gasteiger charge is -2.04. The van der Waals surface area contributed by atoms with Crippen LogP contribution >= 0.6 is 0 Å². The average molecular weight is 261 g/mol. The van der Waals surface area contributed by atoms with E-state index in [0.29, 0.717) is 5.56 Å². The summed E-state index contributed by atoms with van der Waals surface area (Å²) in [6.07, 6.45) is 3.44. The van der Waals surface area contributed by atoms with E-state index in [1.54, 1.807) is 17.1 Å². The molecule has 0 radical (unpaired) electrons. The molecule has 2 heterocycles. The number of nitrogens with zero attached hydrogens (tertiary/aromatic N) is 4. The van der Waals surface area contributed by atoms with Crippen LogP contribution in [-0.4, -0.2) is 25.5 Å². The van der Waals surface area contributed by atoms with Gasteiger partial charge in [0.25, 0.3) is 5.91 Å². The molecule has 19 heavy (non-hydrogen) atoms. The smallest absolute Gasteiger partial charge is 0.259 e. The zero-order chi connectivity index (χ0) is 14.0. The van der Waals surface area contributed by atoms with Gasteiger partial charge in [-0.25, -0.2) is 0 Å². The summed E-state index contributed by atoms with van der Waals surface area (Å²) in [7, 11) is 0. The van der Waals surface area contributed by atoms with E-state index in [1.165, 1.54) is 0 Å². The number of nitrogens with one attached hydrogen (secondary N) is 1. The van der Waals surface area contributed by atoms with Crippen LogP contribution in [0.1, 0.15) is 35.6 Å². The van der Waals surface area contributed by atoms with Crippen LogP contribution in [0.4, 0.5) is 5.69 Å². The highest BCUT2D eigenvalue weighted by Crippen LogP contribution is 2.16. The SMILES string of the molecule is CCn1cc(C(=O)Nc2cnn(CC)c2C)c(C)n1. The molecule has 6 nitrogen and oxygen atoms in total. The minimum absolute atomic E-state index is 0.143. The maximum absolute atomic E-state index is 12.2. The van der Waals surface area contributed by atoms with E-state index in [1.807, 2.05) is 32.4 Å². The molecule has 102 valence electrons. The first-order valence-corrected chi connectivity index (χ1v) is 6.44. The van der Waals surface area contributed by atoms with Crippen molar-refractivity contribution >= 4 is 11.6 Å². The minimum Gasteiger partial charge on any atom is -0.319 e. The molecule has 1 amide bonds. The molecule has 0 aliphatic rings. The number of amides is 1. The molecule has 0 spiro atoms. The summed E-state index contributed by atoms with van der Waals surface area (Å²) in [6.45, 7) is 9.32. The van der Waals surface area contributed by atoms with Crippen LogP contribution in [0, 0.1) is 13.8 Å². The van der Waals surface area contributed by atoms with E-state index in [2.05, 4.69) is 15.5 Å². The Morgan fingerprint density at radius 3 is 2.58 bits per heavy atom. The van der Waals surface area contributed by atoms with Crippen LogP contribution in [0.15, 0.2) is 12.4 Å². The van der Waals surface area contributed by atoms with Crippen molar-refractivity contribution in [3.05, 3.63) is 29.3 Å². The van der Waals surface area contributed by atoms with Crippen LogP contribution in [-0.2, 0) is 13.1 Å². The van der Waals surface area contributed by atoms with Gasteiger partial charge in [-0.15, -0.1) is 0 Å². The molecule has 0 aliphatic carbocycles. The standard InChI is InChI=1S/C13H19N5O/c1-5-17-8-11(9(3)16-17)13(19)15-12-7-14-18(6-2)10(12)4/h7-8H,5-6H2,1-4H3,(H,15,19). The molecule has 0 unspecified atom stereocenters. The van der Waals surface area contributed by atoms with E-state index in [0.717, 1.165) is 30.2 Å². The van der Waals surface area contributed by atoms with E-state index >= 15 is 0 Å². The average Bonchev–Trinajstić information content (AvgIpc) is 2.94. The number of aromatic nitrogens is 4. The molecule has 0 aliphatic heterocycles. The Labute approximate surface area is 112 Å². The van der Waals surface area contributed by atoms with Gasteiger partial charge in [-0.2, -0.15) is 10.2 Å². The zero-order valence-corrected chi connectivity index (χ0v) is 11.8. The van der Waals surface area contributed by atoms with Crippen molar-refractivity contribution in [2.45, 2.75) is 40.8 Å². The monoisotopic (exact) mass is 261 g/mol. The molecule has 6 heteroatoms. The number of hydrogen-bond acceptors (Lipinski definition) is 3. The summed E-state index contributed by atoms with van der Waals surface area (Å²) in [4.78, 5) is 12.2. The summed E-state index contributed by atoms with van der Waals surface area (Å²) < 4.78 is 3.60. The number of anilines is 1. The summed E-state index contributed by atoms with van der Waals surface area (Å²) >= 11 is 0. The Morgan fingerprint density at radius 1 is 1.32 bits per heavy atom. The van der Waals surface area contributed by atoms with E-state index < -0.39 is 0 Å². The molecule has 2 aromatic heterocycles. The van der Waals surface area contributed by atoms with Crippen molar-refractivity contribution in [1.29, 1.82) is 0 Å². The predicted molar refractivity (Wildman–Crippen MR) is 73.2 cm³/mol. The van der Waals surface area contributed by atoms with E-state index in [9.17, 15) is 4.79 Å². The summed E-state index contributed by atoms with van der Waals surface area (Å²) in [6, 6.07) is 0. The molecule has 0 saturated carbocycles. The van der Waals surface area contributed by atoms with Gasteiger partial charge < -0.3 is 5.32 Å². The molecule has 0 aromatic carbocycles. The van der Waals surface area contributed by atoms with Crippen molar-refractivity contribution in [1.82, 2.24) is 19.6 Å². The van der Waals surface area contributed by atoms with Gasteiger partial charge in [0.05, 0.1) is 28.8 Å². The van der Waals surface area contributed by atoms with Gasteiger partial charge in [0.1, 0.15) is 0 Å². The van der Waals surface area contributed by atoms with Crippen LogP contribution in [0.5, 0.6) is 0 Å². The Bertz CT molecular complexity index is 596. The fourth-order valence-corrected chi connectivity index (χ4v) is 1.98. The predicted octanol–water partition coefficient (Wildman–Crippen LogP) is 1.99. The molecular weight excluding hydrogens is 242 g/mol. The molecule has 0 fully saturated rings. The Balaban J connectivity index is 2.20. The normalized spacial score (nSPS) is 10.7. The maximum atomic E-state index is 12.2. The Morgan fingerprint density at radius 2 is 2.05 bits per heavy atom. The maximum Gasteiger partial charge on any atom is 0.259 e. The quantitative estimate of drug-likeness (QED) is 0.915. The largest absolute Gasteiger partial charge is 0.319 e. The third-order valence-electron chi connectivity index (χ3n) is 3.17. The van der Waals surface area contributed by atoms with Gasteiger partial charge >= 0.3 is 0 Å². The number of carbonyl (C=O) groups excluding carboxylic acids is 1. The van der Waals surface area contributed by atoms with Crippen LogP contribution in [0.25, 0.3) is 0 Å². The fourth-order valence-electron chi connectivity index (χ4n) is 1.98. The number of carbonyl (C=O) groups is 1. The van der Waals surface area contributed by atoms with Crippen molar-refractivity contribution in [2.75, 3.05) is 5.32 Å². The molecule has 2 rings (SSSR count). The second-order valence-electron chi connectivity index (χ2n) is 4.40. The highest BCUT2D eigenvalue weighted by atomic mass is 16.1. The second-order valence-corrected chi connectivity index (χ2v) is 4.40. The lowest BCUT2D eigenvalue weighted by molar-refractivity contribution is 0.102. The van der Waals surface area contributed by atoms with E-state index in [4.69, 9.17) is 0 Å². The highest BCUT2D eigenvalue weighted by Gasteiger charge is 2.15. The zero-order valence-electron chi connectivity index (χ0n) is 11.8. The highest BCUT2D eigenvalue weighted by molar-refractivity contribution is 6.05. The van der Waals surface area contributed by atoms with Crippen LogP contribution < -0.4 is 5.32 Å². The molecular formula is C13H19N5O. The first kappa shape index (κ1) is 13.3. The fraction of sp³-hybridized carbons (Fsp3) is 0.462. The van der Waals surface area contributed by atoms with Crippen molar-refractivity contribution < 1.29 is 4.79 Å². The second kappa shape index (κ2) is 5.26. The lowest BCUT2D eigenvalue weighted by atomic mass is 10.2. The Hall–Kier alpha value is -2.11. The number of rotatable bonds is 4. The summed E-state index contributed by atoms with van der Waals surface area (Å²) in [5, 5.41) is 11.4. The van der Waals surface area contributed by atoms with Crippen molar-refractivity contribution in [3.63, 3.8) is 0 Å². The molecule has 0 saturated heterocycles. The summed E-state index contributed by atoms with van der Waals surface area (Å²) in [5.74, 6) is -0.143.